The lowest BCUT2D eigenvalue weighted by Crippen LogP contribution is -2.12. The number of hydrogen-bond acceptors (Lipinski definition) is 3. The first-order valence-corrected chi connectivity index (χ1v) is 5.73. The number of aryl methyl sites for hydroxylation is 1. The summed E-state index contributed by atoms with van der Waals surface area (Å²) in [5, 5.41) is 0. The Hall–Kier alpha value is -1.26. The number of halogens is 1. The maximum absolute atomic E-state index is 6.15. The van der Waals surface area contributed by atoms with Crippen LogP contribution in [-0.2, 0) is 0 Å². The van der Waals surface area contributed by atoms with E-state index in [4.69, 9.17) is 5.73 Å². The highest BCUT2D eigenvalue weighted by Crippen LogP contribution is 2.23. The van der Waals surface area contributed by atoms with Crippen LogP contribution in [0.2, 0.25) is 0 Å². The molecule has 1 heterocycles. The van der Waals surface area contributed by atoms with Crippen molar-refractivity contribution in [3.8, 4) is 0 Å². The summed E-state index contributed by atoms with van der Waals surface area (Å²) in [6.45, 7) is 2.04. The van der Waals surface area contributed by atoms with Gasteiger partial charge in [-0.15, -0.1) is 0 Å². The first-order valence-electron chi connectivity index (χ1n) is 4.94. The molecule has 1 aromatic heterocycles. The normalized spacial score (nSPS) is 12.4. The topological polar surface area (TPSA) is 51.8 Å². The molecule has 0 fully saturated rings. The van der Waals surface area contributed by atoms with E-state index in [-0.39, 0.29) is 6.04 Å². The quantitative estimate of drug-likeness (QED) is 0.918. The van der Waals surface area contributed by atoms with Gasteiger partial charge in [-0.2, -0.15) is 0 Å². The van der Waals surface area contributed by atoms with Gasteiger partial charge in [-0.05, 0) is 30.2 Å². The Morgan fingerprint density at radius 2 is 1.81 bits per heavy atom. The van der Waals surface area contributed by atoms with E-state index >= 15 is 0 Å². The molecule has 1 aromatic carbocycles. The van der Waals surface area contributed by atoms with Crippen LogP contribution in [0.5, 0.6) is 0 Å². The van der Waals surface area contributed by atoms with Crippen LogP contribution < -0.4 is 5.73 Å². The molecule has 4 heteroatoms. The molecule has 0 aliphatic rings. The smallest absolute Gasteiger partial charge is 0.115 e. The number of nitrogens with two attached hydrogens (primary N) is 1. The summed E-state index contributed by atoms with van der Waals surface area (Å²) < 4.78 is 1.04. The van der Waals surface area contributed by atoms with E-state index in [0.29, 0.717) is 0 Å². The standard InChI is InChI=1S/C12H12BrN3/c1-8-2-9(4-11(13)3-8)12(14)10-5-15-7-16-6-10/h2-7,12H,14H2,1H3. The average Bonchev–Trinajstić information content (AvgIpc) is 2.28. The molecule has 2 N–H and O–H groups in total. The van der Waals surface area contributed by atoms with Crippen LogP contribution in [0.1, 0.15) is 22.7 Å². The Bertz CT molecular complexity index is 465. The number of rotatable bonds is 2. The van der Waals surface area contributed by atoms with Gasteiger partial charge in [-0.1, -0.05) is 22.0 Å². The molecule has 1 atom stereocenters. The van der Waals surface area contributed by atoms with Gasteiger partial charge in [0.15, 0.2) is 0 Å². The summed E-state index contributed by atoms with van der Waals surface area (Å²) in [6.07, 6.45) is 4.99. The van der Waals surface area contributed by atoms with Crippen molar-refractivity contribution in [3.63, 3.8) is 0 Å². The Labute approximate surface area is 103 Å². The molecule has 2 aromatic rings. The number of benzene rings is 1. The van der Waals surface area contributed by atoms with Crippen molar-refractivity contribution in [2.45, 2.75) is 13.0 Å². The highest BCUT2D eigenvalue weighted by molar-refractivity contribution is 9.10. The molecular weight excluding hydrogens is 266 g/mol. The minimum atomic E-state index is -0.183. The van der Waals surface area contributed by atoms with Gasteiger partial charge in [-0.3, -0.25) is 0 Å². The zero-order valence-electron chi connectivity index (χ0n) is 8.89. The molecule has 82 valence electrons. The van der Waals surface area contributed by atoms with Gasteiger partial charge in [0.05, 0.1) is 6.04 Å². The van der Waals surface area contributed by atoms with Gasteiger partial charge < -0.3 is 5.73 Å². The molecule has 0 saturated heterocycles. The molecule has 0 radical (unpaired) electrons. The summed E-state index contributed by atoms with van der Waals surface area (Å²) in [5.41, 5.74) is 9.30. The fourth-order valence-corrected chi connectivity index (χ4v) is 2.23. The van der Waals surface area contributed by atoms with Crippen molar-refractivity contribution in [3.05, 3.63) is 58.1 Å². The molecule has 16 heavy (non-hydrogen) atoms. The average molecular weight is 278 g/mol. The second kappa shape index (κ2) is 4.72. The molecule has 1 unspecified atom stereocenters. The third kappa shape index (κ3) is 2.46. The maximum Gasteiger partial charge on any atom is 0.115 e. The van der Waals surface area contributed by atoms with E-state index in [1.165, 1.54) is 11.9 Å². The predicted molar refractivity (Wildman–Crippen MR) is 66.9 cm³/mol. The lowest BCUT2D eigenvalue weighted by Gasteiger charge is -2.12. The van der Waals surface area contributed by atoms with E-state index in [1.807, 2.05) is 13.0 Å². The van der Waals surface area contributed by atoms with Crippen LogP contribution in [0.4, 0.5) is 0 Å². The van der Waals surface area contributed by atoms with E-state index < -0.39 is 0 Å². The van der Waals surface area contributed by atoms with E-state index in [0.717, 1.165) is 15.6 Å². The van der Waals surface area contributed by atoms with E-state index in [2.05, 4.69) is 38.0 Å². The number of nitrogens with zero attached hydrogens (tertiary/aromatic N) is 2. The summed E-state index contributed by atoms with van der Waals surface area (Å²) in [7, 11) is 0. The van der Waals surface area contributed by atoms with Crippen molar-refractivity contribution in [2.75, 3.05) is 0 Å². The zero-order chi connectivity index (χ0) is 11.5. The zero-order valence-corrected chi connectivity index (χ0v) is 10.5. The molecule has 3 nitrogen and oxygen atoms in total. The van der Waals surface area contributed by atoms with Crippen LogP contribution in [0.25, 0.3) is 0 Å². The summed E-state index contributed by atoms with van der Waals surface area (Å²) in [4.78, 5) is 7.95. The third-order valence-electron chi connectivity index (χ3n) is 2.36. The monoisotopic (exact) mass is 277 g/mol. The first-order chi connectivity index (χ1) is 7.66. The Kier molecular flexibility index (Phi) is 3.31. The molecule has 0 aliphatic carbocycles. The Balaban J connectivity index is 2.37. The third-order valence-corrected chi connectivity index (χ3v) is 2.82. The molecule has 0 amide bonds. The highest BCUT2D eigenvalue weighted by Gasteiger charge is 2.10. The molecule has 0 saturated carbocycles. The van der Waals surface area contributed by atoms with Crippen LogP contribution in [0.3, 0.4) is 0 Å². The fourth-order valence-electron chi connectivity index (χ4n) is 1.61. The maximum atomic E-state index is 6.15. The number of hydrogen-bond donors (Lipinski definition) is 1. The Morgan fingerprint density at radius 1 is 1.12 bits per heavy atom. The second-order valence-electron chi connectivity index (χ2n) is 3.71. The van der Waals surface area contributed by atoms with Gasteiger partial charge in [0.1, 0.15) is 6.33 Å². The van der Waals surface area contributed by atoms with Gasteiger partial charge >= 0.3 is 0 Å². The predicted octanol–water partition coefficient (Wildman–Crippen LogP) is 2.60. The van der Waals surface area contributed by atoms with Crippen molar-refractivity contribution >= 4 is 15.9 Å². The lowest BCUT2D eigenvalue weighted by molar-refractivity contribution is 0.848. The minimum Gasteiger partial charge on any atom is -0.320 e. The number of aromatic nitrogens is 2. The van der Waals surface area contributed by atoms with Crippen molar-refractivity contribution < 1.29 is 0 Å². The largest absolute Gasteiger partial charge is 0.320 e. The van der Waals surface area contributed by atoms with Crippen LogP contribution >= 0.6 is 15.9 Å². The summed E-state index contributed by atoms with van der Waals surface area (Å²) in [6, 6.07) is 5.96. The second-order valence-corrected chi connectivity index (χ2v) is 4.63. The molecule has 0 spiro atoms. The fraction of sp³-hybridized carbons (Fsp3) is 0.167. The van der Waals surface area contributed by atoms with E-state index in [9.17, 15) is 0 Å². The van der Waals surface area contributed by atoms with Crippen molar-refractivity contribution in [1.82, 2.24) is 9.97 Å². The molecule has 2 rings (SSSR count). The first kappa shape index (κ1) is 11.2. The highest BCUT2D eigenvalue weighted by atomic mass is 79.9. The Morgan fingerprint density at radius 3 is 2.44 bits per heavy atom. The lowest BCUT2D eigenvalue weighted by atomic mass is 10.0. The summed E-state index contributed by atoms with van der Waals surface area (Å²) >= 11 is 3.47. The summed E-state index contributed by atoms with van der Waals surface area (Å²) in [5.74, 6) is 0. The molecular formula is C12H12BrN3. The van der Waals surface area contributed by atoms with E-state index in [1.54, 1.807) is 12.4 Å². The molecule has 0 aliphatic heterocycles. The van der Waals surface area contributed by atoms with Crippen molar-refractivity contribution in [1.29, 1.82) is 0 Å². The minimum absolute atomic E-state index is 0.183. The van der Waals surface area contributed by atoms with Gasteiger partial charge in [0.2, 0.25) is 0 Å². The van der Waals surface area contributed by atoms with Gasteiger partial charge in [0.25, 0.3) is 0 Å². The van der Waals surface area contributed by atoms with Gasteiger partial charge in [-0.25, -0.2) is 9.97 Å². The SMILES string of the molecule is Cc1cc(Br)cc(C(N)c2cncnc2)c1. The van der Waals surface area contributed by atoms with Gasteiger partial charge in [0, 0.05) is 22.4 Å². The van der Waals surface area contributed by atoms with Crippen LogP contribution in [0, 0.1) is 6.92 Å². The van der Waals surface area contributed by atoms with Crippen LogP contribution in [0.15, 0.2) is 41.4 Å². The van der Waals surface area contributed by atoms with Crippen LogP contribution in [-0.4, -0.2) is 9.97 Å². The molecule has 0 bridgehead atoms. The van der Waals surface area contributed by atoms with Crippen molar-refractivity contribution in [2.24, 2.45) is 5.73 Å².